The van der Waals surface area contributed by atoms with Crippen molar-refractivity contribution < 1.29 is 9.18 Å². The Bertz CT molecular complexity index is 1210. The lowest BCUT2D eigenvalue weighted by Gasteiger charge is -2.04. The van der Waals surface area contributed by atoms with Crippen LogP contribution in [-0.4, -0.2) is 25.7 Å². The third kappa shape index (κ3) is 4.47. The van der Waals surface area contributed by atoms with Crippen molar-refractivity contribution in [2.24, 2.45) is 0 Å². The number of nitrogens with zero attached hydrogens (tertiary/aromatic N) is 4. The molecule has 0 fully saturated rings. The van der Waals surface area contributed by atoms with Crippen LogP contribution in [0.15, 0.2) is 35.8 Å². The molecule has 4 rings (SSSR count). The Morgan fingerprint density at radius 1 is 1.27 bits per heavy atom. The van der Waals surface area contributed by atoms with E-state index in [0.717, 1.165) is 27.4 Å². The van der Waals surface area contributed by atoms with Gasteiger partial charge in [-0.25, -0.2) is 19.0 Å². The second-order valence-corrected chi connectivity index (χ2v) is 9.06. The maximum atomic E-state index is 13.5. The van der Waals surface area contributed by atoms with Crippen molar-refractivity contribution in [3.63, 3.8) is 0 Å². The topological polar surface area (TPSA) is 72.7 Å². The van der Waals surface area contributed by atoms with E-state index in [-0.39, 0.29) is 18.1 Å². The summed E-state index contributed by atoms with van der Waals surface area (Å²) in [4.78, 5) is 22.0. The van der Waals surface area contributed by atoms with Crippen molar-refractivity contribution in [2.75, 3.05) is 5.32 Å². The highest BCUT2D eigenvalue weighted by Gasteiger charge is 2.17. The zero-order chi connectivity index (χ0) is 21.3. The van der Waals surface area contributed by atoms with Gasteiger partial charge < -0.3 is 5.32 Å². The van der Waals surface area contributed by atoms with Gasteiger partial charge in [0.2, 0.25) is 11.0 Å². The minimum atomic E-state index is -0.244. The summed E-state index contributed by atoms with van der Waals surface area (Å²) < 4.78 is 15.3. The van der Waals surface area contributed by atoms with Crippen LogP contribution >= 0.6 is 22.7 Å². The lowest BCUT2D eigenvalue weighted by atomic mass is 10.0. The summed E-state index contributed by atoms with van der Waals surface area (Å²) in [6, 6.07) is 6.60. The Morgan fingerprint density at radius 2 is 2.10 bits per heavy atom. The highest BCUT2D eigenvalue weighted by atomic mass is 32.1. The smallest absolute Gasteiger partial charge is 0.232 e. The minimum absolute atomic E-state index is 0.152. The lowest BCUT2D eigenvalue weighted by Crippen LogP contribution is -2.14. The number of thiazole rings is 2. The molecular weight excluding hydrogens is 421 g/mol. The molecule has 1 N–H and O–H groups in total. The fourth-order valence-corrected chi connectivity index (χ4v) is 4.69. The monoisotopic (exact) mass is 441 g/mol. The normalized spacial score (nSPS) is 11.1. The molecule has 0 atom stereocenters. The molecule has 154 valence electrons. The predicted octanol–water partition coefficient (Wildman–Crippen LogP) is 4.62. The fourth-order valence-electron chi connectivity index (χ4n) is 3.18. The molecule has 3 heterocycles. The first-order valence-corrected chi connectivity index (χ1v) is 11.1. The molecule has 0 radical (unpaired) electrons. The Hall–Kier alpha value is -2.91. The Morgan fingerprint density at radius 3 is 2.83 bits per heavy atom. The molecule has 9 heteroatoms. The van der Waals surface area contributed by atoms with Gasteiger partial charge in [-0.3, -0.25) is 4.79 Å². The summed E-state index contributed by atoms with van der Waals surface area (Å²) in [6.45, 7) is 5.86. The third-order valence-corrected chi connectivity index (χ3v) is 6.33. The second-order valence-electron chi connectivity index (χ2n) is 6.99. The van der Waals surface area contributed by atoms with E-state index in [1.807, 2.05) is 32.2 Å². The number of carbonyl (C=O) groups is 1. The van der Waals surface area contributed by atoms with Gasteiger partial charge in [-0.1, -0.05) is 12.1 Å². The maximum absolute atomic E-state index is 13.5. The molecule has 0 spiro atoms. The number of hydrogen-bond acceptors (Lipinski definition) is 6. The molecule has 0 aliphatic heterocycles. The molecule has 0 aliphatic rings. The van der Waals surface area contributed by atoms with Crippen LogP contribution in [0.25, 0.3) is 5.13 Å². The Kier molecular flexibility index (Phi) is 5.74. The average Bonchev–Trinajstić information content (AvgIpc) is 3.38. The number of hydrogen-bond donors (Lipinski definition) is 1. The van der Waals surface area contributed by atoms with Crippen molar-refractivity contribution >= 4 is 33.7 Å². The number of nitrogens with one attached hydrogen (secondary N) is 1. The first-order valence-electron chi connectivity index (χ1n) is 9.35. The summed E-state index contributed by atoms with van der Waals surface area (Å²) in [7, 11) is 0. The first kappa shape index (κ1) is 20.4. The maximum Gasteiger partial charge on any atom is 0.232 e. The van der Waals surface area contributed by atoms with Crippen molar-refractivity contribution in [2.45, 2.75) is 33.6 Å². The van der Waals surface area contributed by atoms with Gasteiger partial charge in [0.25, 0.3) is 0 Å². The number of anilines is 1. The van der Waals surface area contributed by atoms with Gasteiger partial charge in [0.05, 0.1) is 17.8 Å². The van der Waals surface area contributed by atoms with E-state index in [4.69, 9.17) is 0 Å². The Balaban J connectivity index is 1.50. The molecule has 0 bridgehead atoms. The summed E-state index contributed by atoms with van der Waals surface area (Å²) in [6.07, 6.45) is 2.50. The number of amides is 1. The molecule has 1 amide bonds. The van der Waals surface area contributed by atoms with Crippen LogP contribution in [-0.2, 0) is 17.6 Å². The molecule has 4 aromatic rings. The SMILES string of the molecule is Cc1cnc(NC(=O)Cc2csc(-n3nc(C)c(Cc4cccc(F)c4)c3C)n2)s1. The molecule has 6 nitrogen and oxygen atoms in total. The van der Waals surface area contributed by atoms with Crippen LogP contribution in [0.2, 0.25) is 0 Å². The van der Waals surface area contributed by atoms with E-state index in [9.17, 15) is 9.18 Å². The quantitative estimate of drug-likeness (QED) is 0.474. The summed E-state index contributed by atoms with van der Waals surface area (Å²) in [5.41, 5.74) is 4.47. The van der Waals surface area contributed by atoms with Gasteiger partial charge in [0, 0.05) is 34.1 Å². The lowest BCUT2D eigenvalue weighted by molar-refractivity contribution is -0.115. The second kappa shape index (κ2) is 8.45. The van der Waals surface area contributed by atoms with Gasteiger partial charge >= 0.3 is 0 Å². The van der Waals surface area contributed by atoms with E-state index < -0.39 is 0 Å². The standard InChI is InChI=1S/C21H20FN5OS2/c1-12-10-23-20(30-12)25-19(28)9-17-11-29-21(24-17)27-14(3)18(13(2)26-27)8-15-5-4-6-16(22)7-15/h4-7,10-11H,8-9H2,1-3H3,(H,23,25,28). The highest BCUT2D eigenvalue weighted by molar-refractivity contribution is 7.15. The molecule has 0 aliphatic carbocycles. The molecule has 3 aromatic heterocycles. The van der Waals surface area contributed by atoms with Crippen LogP contribution in [0.5, 0.6) is 0 Å². The van der Waals surface area contributed by atoms with Gasteiger partial charge in [-0.05, 0) is 38.5 Å². The largest absolute Gasteiger partial charge is 0.302 e. The number of carbonyl (C=O) groups excluding carboxylic acids is 1. The van der Waals surface area contributed by atoms with Crippen LogP contribution in [0, 0.1) is 26.6 Å². The van der Waals surface area contributed by atoms with Gasteiger partial charge in [-0.2, -0.15) is 5.10 Å². The van der Waals surface area contributed by atoms with Crippen molar-refractivity contribution in [3.05, 3.63) is 74.7 Å². The van der Waals surface area contributed by atoms with E-state index in [1.165, 1.54) is 28.7 Å². The molecular formula is C21H20FN5OS2. The number of rotatable bonds is 6. The van der Waals surface area contributed by atoms with Crippen LogP contribution in [0.3, 0.4) is 0 Å². The van der Waals surface area contributed by atoms with E-state index >= 15 is 0 Å². The zero-order valence-electron chi connectivity index (χ0n) is 16.8. The predicted molar refractivity (Wildman–Crippen MR) is 117 cm³/mol. The number of halogens is 1. The van der Waals surface area contributed by atoms with Crippen molar-refractivity contribution in [3.8, 4) is 5.13 Å². The van der Waals surface area contributed by atoms with E-state index in [2.05, 4.69) is 20.4 Å². The minimum Gasteiger partial charge on any atom is -0.302 e. The van der Waals surface area contributed by atoms with Gasteiger partial charge in [-0.15, -0.1) is 22.7 Å². The van der Waals surface area contributed by atoms with Crippen LogP contribution < -0.4 is 5.32 Å². The summed E-state index contributed by atoms with van der Waals surface area (Å²) in [5, 5.41) is 10.6. The van der Waals surface area contributed by atoms with Crippen molar-refractivity contribution in [1.82, 2.24) is 19.7 Å². The van der Waals surface area contributed by atoms with E-state index in [1.54, 1.807) is 23.0 Å². The molecule has 0 saturated heterocycles. The summed E-state index contributed by atoms with van der Waals surface area (Å²) in [5.74, 6) is -0.396. The van der Waals surface area contributed by atoms with Crippen LogP contribution in [0.1, 0.15) is 33.1 Å². The van der Waals surface area contributed by atoms with E-state index in [0.29, 0.717) is 22.4 Å². The number of benzene rings is 1. The summed E-state index contributed by atoms with van der Waals surface area (Å²) >= 11 is 2.87. The highest BCUT2D eigenvalue weighted by Crippen LogP contribution is 2.24. The Labute approximate surface area is 181 Å². The van der Waals surface area contributed by atoms with Crippen molar-refractivity contribution in [1.29, 1.82) is 0 Å². The molecule has 1 aromatic carbocycles. The third-order valence-electron chi connectivity index (χ3n) is 4.64. The average molecular weight is 442 g/mol. The van der Waals surface area contributed by atoms with Gasteiger partial charge in [0.15, 0.2) is 5.13 Å². The molecule has 30 heavy (non-hydrogen) atoms. The number of aryl methyl sites for hydroxylation is 2. The first-order chi connectivity index (χ1) is 14.4. The fraction of sp³-hybridized carbons (Fsp3) is 0.238. The zero-order valence-corrected chi connectivity index (χ0v) is 18.4. The molecule has 0 saturated carbocycles. The molecule has 0 unspecified atom stereocenters. The van der Waals surface area contributed by atoms with Gasteiger partial charge in [0.1, 0.15) is 5.82 Å². The number of aromatic nitrogens is 4. The van der Waals surface area contributed by atoms with Crippen LogP contribution in [0.4, 0.5) is 9.52 Å².